The van der Waals surface area contributed by atoms with Crippen LogP contribution in [0.1, 0.15) is 106 Å². The number of hydroxylamine groups is 2. The predicted molar refractivity (Wildman–Crippen MR) is 112 cm³/mol. The van der Waals surface area contributed by atoms with Crippen LogP contribution in [0.25, 0.3) is 0 Å². The summed E-state index contributed by atoms with van der Waals surface area (Å²) in [7, 11) is 0. The van der Waals surface area contributed by atoms with Crippen LogP contribution in [0.2, 0.25) is 0 Å². The highest BCUT2D eigenvalue weighted by Crippen LogP contribution is 2.46. The van der Waals surface area contributed by atoms with E-state index in [9.17, 15) is 9.59 Å². The molecule has 0 atom stereocenters. The van der Waals surface area contributed by atoms with E-state index in [0.717, 1.165) is 64.2 Å². The second kappa shape index (κ2) is 9.73. The van der Waals surface area contributed by atoms with E-state index in [0.29, 0.717) is 0 Å². The summed E-state index contributed by atoms with van der Waals surface area (Å²) in [5, 5.41) is 0. The molecular weight excluding hydrogens is 388 g/mol. The van der Waals surface area contributed by atoms with E-state index in [4.69, 9.17) is 9.47 Å². The van der Waals surface area contributed by atoms with Crippen molar-refractivity contribution in [1.82, 2.24) is 11.0 Å². The van der Waals surface area contributed by atoms with Crippen molar-refractivity contribution in [2.24, 2.45) is 10.8 Å². The van der Waals surface area contributed by atoms with Gasteiger partial charge >= 0.3 is 12.2 Å². The summed E-state index contributed by atoms with van der Waals surface area (Å²) in [5.41, 5.74) is 2.64. The van der Waals surface area contributed by atoms with Crippen LogP contribution in [-0.2, 0) is 19.5 Å². The summed E-state index contributed by atoms with van der Waals surface area (Å²) in [4.78, 5) is 33.7. The first-order valence-corrected chi connectivity index (χ1v) is 11.2. The van der Waals surface area contributed by atoms with Gasteiger partial charge in [0.1, 0.15) is 11.2 Å². The van der Waals surface area contributed by atoms with Crippen molar-refractivity contribution in [3.63, 3.8) is 0 Å². The van der Waals surface area contributed by atoms with E-state index in [2.05, 4.69) is 62.5 Å². The maximum Gasteiger partial charge on any atom is 0.434 e. The second-order valence-corrected chi connectivity index (χ2v) is 10.8. The molecular formula is C22H40N2O6. The minimum absolute atomic E-state index is 0.199. The van der Waals surface area contributed by atoms with Crippen LogP contribution < -0.4 is 11.0 Å². The van der Waals surface area contributed by atoms with Gasteiger partial charge in [-0.15, -0.1) is 0 Å². The van der Waals surface area contributed by atoms with E-state index >= 15 is 0 Å². The lowest BCUT2D eigenvalue weighted by atomic mass is 9.68. The fourth-order valence-corrected chi connectivity index (χ4v) is 4.76. The van der Waals surface area contributed by atoms with Gasteiger partial charge in [0, 0.05) is 10.8 Å². The third-order valence-corrected chi connectivity index (χ3v) is 6.92. The normalized spacial score (nSPS) is 21.4. The summed E-state index contributed by atoms with van der Waals surface area (Å²) >= 11 is 0. The molecule has 2 N–H and O–H groups in total. The highest BCUT2D eigenvalue weighted by Gasteiger charge is 2.47. The highest BCUT2D eigenvalue weighted by molar-refractivity contribution is 5.67. The Morgan fingerprint density at radius 3 is 1.17 bits per heavy atom. The van der Waals surface area contributed by atoms with Crippen molar-refractivity contribution in [1.29, 1.82) is 0 Å². The molecule has 2 saturated carbocycles. The largest absolute Gasteiger partial charge is 0.441 e. The molecule has 2 aliphatic rings. The number of amides is 2. The van der Waals surface area contributed by atoms with Gasteiger partial charge in [0.15, 0.2) is 0 Å². The third kappa shape index (κ3) is 6.00. The van der Waals surface area contributed by atoms with Crippen molar-refractivity contribution >= 4 is 12.2 Å². The molecule has 0 unspecified atom stereocenters. The molecule has 2 aliphatic carbocycles. The van der Waals surface area contributed by atoms with Gasteiger partial charge in [0.2, 0.25) is 0 Å². The van der Waals surface area contributed by atoms with E-state index in [1.807, 2.05) is 0 Å². The van der Waals surface area contributed by atoms with Crippen molar-refractivity contribution in [3.8, 4) is 0 Å². The van der Waals surface area contributed by atoms with Gasteiger partial charge in [0.05, 0.1) is 0 Å². The van der Waals surface area contributed by atoms with Gasteiger partial charge < -0.3 is 9.47 Å². The number of rotatable bonds is 5. The average molecular weight is 429 g/mol. The molecule has 174 valence electrons. The molecule has 0 heterocycles. The lowest BCUT2D eigenvalue weighted by Crippen LogP contribution is -2.51. The van der Waals surface area contributed by atoms with E-state index < -0.39 is 23.4 Å². The van der Waals surface area contributed by atoms with E-state index in [1.165, 1.54) is 0 Å². The maximum atomic E-state index is 12.2. The summed E-state index contributed by atoms with van der Waals surface area (Å²) in [6, 6.07) is 0. The molecule has 8 nitrogen and oxygen atoms in total. The number of carbonyl (C=O) groups excluding carboxylic acids is 2. The topological polar surface area (TPSA) is 95.1 Å². The quantitative estimate of drug-likeness (QED) is 0.331. The summed E-state index contributed by atoms with van der Waals surface area (Å²) in [6.07, 6.45) is 8.10. The monoisotopic (exact) mass is 428 g/mol. The molecule has 0 aromatic rings. The Morgan fingerprint density at radius 1 is 0.600 bits per heavy atom. The summed E-state index contributed by atoms with van der Waals surface area (Å²) < 4.78 is 11.5. The molecule has 2 fully saturated rings. The number of nitrogens with one attached hydrogen (secondary N) is 2. The lowest BCUT2D eigenvalue weighted by molar-refractivity contribution is -0.359. The number of hydrogen-bond acceptors (Lipinski definition) is 6. The minimum atomic E-state index is -0.750. The van der Waals surface area contributed by atoms with Crippen LogP contribution in [0.15, 0.2) is 0 Å². The smallest absolute Gasteiger partial charge is 0.434 e. The molecule has 0 aliphatic heterocycles. The van der Waals surface area contributed by atoms with Crippen molar-refractivity contribution in [3.05, 3.63) is 0 Å². The Bertz CT molecular complexity index is 529. The van der Waals surface area contributed by atoms with Crippen LogP contribution in [0, 0.1) is 10.8 Å². The highest BCUT2D eigenvalue weighted by atomic mass is 17.3. The Balaban J connectivity index is 1.78. The fourth-order valence-electron chi connectivity index (χ4n) is 4.76. The minimum Gasteiger partial charge on any atom is -0.441 e. The number of hydrogen-bond donors (Lipinski definition) is 2. The first kappa shape index (κ1) is 24.7. The molecule has 30 heavy (non-hydrogen) atoms. The van der Waals surface area contributed by atoms with E-state index in [1.54, 1.807) is 0 Å². The lowest BCUT2D eigenvalue weighted by Gasteiger charge is -2.46. The molecule has 0 aromatic heterocycles. The van der Waals surface area contributed by atoms with Gasteiger partial charge in [-0.05, 0) is 51.4 Å². The van der Waals surface area contributed by atoms with Gasteiger partial charge in [-0.3, -0.25) is 0 Å². The second-order valence-electron chi connectivity index (χ2n) is 10.8. The first-order valence-electron chi connectivity index (χ1n) is 11.2. The Hall–Kier alpha value is -1.54. The van der Waals surface area contributed by atoms with Gasteiger partial charge in [-0.1, -0.05) is 64.4 Å². The third-order valence-electron chi connectivity index (χ3n) is 6.92. The van der Waals surface area contributed by atoms with Crippen LogP contribution in [0.4, 0.5) is 9.59 Å². The standard InChI is InChI=1S/C22H40N2O6/c1-19(2,3)21(13-9-7-10-14-21)27-17(25)23-29-30-24-18(26)28-22(20(4,5)6)15-11-8-12-16-22/h7-16H2,1-6H3,(H,23,25)(H,24,26). The number of ether oxygens (including phenoxy) is 2. The van der Waals surface area contributed by atoms with Gasteiger partial charge in [-0.25, -0.2) is 9.59 Å². The molecule has 2 rings (SSSR count). The summed E-state index contributed by atoms with van der Waals surface area (Å²) in [6.45, 7) is 12.4. The Kier molecular flexibility index (Phi) is 8.02. The SMILES string of the molecule is CC(C)(C)C1(OC(=O)NOONC(=O)OC2(C(C)(C)C)CCCCC2)CCCCC1. The van der Waals surface area contributed by atoms with Crippen LogP contribution >= 0.6 is 0 Å². The zero-order chi connectivity index (χ0) is 22.5. The van der Waals surface area contributed by atoms with E-state index in [-0.39, 0.29) is 10.8 Å². The summed E-state index contributed by atoms with van der Waals surface area (Å²) in [5.74, 6) is 0. The molecule has 0 bridgehead atoms. The average Bonchev–Trinajstić information content (AvgIpc) is 2.65. The number of carbonyl (C=O) groups is 2. The molecule has 2 amide bonds. The Morgan fingerprint density at radius 2 is 0.900 bits per heavy atom. The fraction of sp³-hybridized carbons (Fsp3) is 0.909. The molecule has 0 radical (unpaired) electrons. The van der Waals surface area contributed by atoms with Crippen LogP contribution in [0.3, 0.4) is 0 Å². The zero-order valence-electron chi connectivity index (χ0n) is 19.5. The molecule has 8 heteroatoms. The first-order chi connectivity index (χ1) is 13.9. The van der Waals surface area contributed by atoms with Crippen molar-refractivity contribution < 1.29 is 29.0 Å². The van der Waals surface area contributed by atoms with Gasteiger partial charge in [-0.2, -0.15) is 11.0 Å². The maximum absolute atomic E-state index is 12.2. The van der Waals surface area contributed by atoms with Crippen molar-refractivity contribution in [2.45, 2.75) is 117 Å². The van der Waals surface area contributed by atoms with Gasteiger partial charge in [0.25, 0.3) is 0 Å². The van der Waals surface area contributed by atoms with Crippen LogP contribution in [-0.4, -0.2) is 23.4 Å². The van der Waals surface area contributed by atoms with Crippen LogP contribution in [0.5, 0.6) is 0 Å². The molecule has 0 spiro atoms. The molecule has 0 aromatic carbocycles. The van der Waals surface area contributed by atoms with Crippen molar-refractivity contribution in [2.75, 3.05) is 0 Å². The molecule has 0 saturated heterocycles. The Labute approximate surface area is 180 Å². The zero-order valence-corrected chi connectivity index (χ0v) is 19.5. The predicted octanol–water partition coefficient (Wildman–Crippen LogP) is 5.72.